The molecule has 0 saturated heterocycles. The number of nitrogens with two attached hydrogens (primary N) is 3. The van der Waals surface area contributed by atoms with E-state index in [2.05, 4.69) is 0 Å². The highest BCUT2D eigenvalue weighted by Crippen LogP contribution is 2.29. The highest BCUT2D eigenvalue weighted by atomic mass is 16.5. The van der Waals surface area contributed by atoms with Gasteiger partial charge in [-0.25, -0.2) is 0 Å². The van der Waals surface area contributed by atoms with E-state index in [1.165, 1.54) is 12.1 Å². The van der Waals surface area contributed by atoms with Crippen LogP contribution in [-0.4, -0.2) is 11.8 Å². The zero-order chi connectivity index (χ0) is 18.7. The number of amides is 2. The topological polar surface area (TPSA) is 121 Å². The van der Waals surface area contributed by atoms with Crippen molar-refractivity contribution < 1.29 is 14.3 Å². The van der Waals surface area contributed by atoms with Crippen molar-refractivity contribution in [3.05, 3.63) is 77.9 Å². The first-order valence-electron chi connectivity index (χ1n) is 7.81. The highest BCUT2D eigenvalue weighted by Gasteiger charge is 2.13. The molecule has 6 nitrogen and oxygen atoms in total. The van der Waals surface area contributed by atoms with Gasteiger partial charge >= 0.3 is 0 Å². The maximum absolute atomic E-state index is 11.7. The molecule has 0 aliphatic rings. The van der Waals surface area contributed by atoms with Gasteiger partial charge in [-0.1, -0.05) is 12.1 Å². The summed E-state index contributed by atoms with van der Waals surface area (Å²) < 4.78 is 5.74. The number of carbonyl (C=O) groups excluding carboxylic acids is 2. The second-order valence-corrected chi connectivity index (χ2v) is 5.68. The quantitative estimate of drug-likeness (QED) is 0.614. The number of benzene rings is 3. The van der Waals surface area contributed by atoms with Crippen molar-refractivity contribution >= 4 is 17.5 Å². The minimum absolute atomic E-state index is 0.298. The smallest absolute Gasteiger partial charge is 0.249 e. The van der Waals surface area contributed by atoms with Crippen LogP contribution in [0.2, 0.25) is 0 Å². The molecule has 0 aliphatic heterocycles. The molecule has 3 aromatic rings. The molecule has 3 aromatic carbocycles. The van der Waals surface area contributed by atoms with Crippen LogP contribution in [0.3, 0.4) is 0 Å². The lowest BCUT2D eigenvalue weighted by Gasteiger charge is -2.10. The van der Waals surface area contributed by atoms with Gasteiger partial charge in [0.25, 0.3) is 0 Å². The normalized spacial score (nSPS) is 10.3. The van der Waals surface area contributed by atoms with Gasteiger partial charge in [0.2, 0.25) is 11.8 Å². The highest BCUT2D eigenvalue weighted by molar-refractivity contribution is 6.02. The average Bonchev–Trinajstić information content (AvgIpc) is 2.63. The first kappa shape index (κ1) is 17.0. The third-order valence-corrected chi connectivity index (χ3v) is 3.85. The second kappa shape index (κ2) is 6.98. The fraction of sp³-hybridized carbons (Fsp3) is 0. The van der Waals surface area contributed by atoms with Crippen molar-refractivity contribution in [1.82, 2.24) is 0 Å². The van der Waals surface area contributed by atoms with E-state index in [-0.39, 0.29) is 0 Å². The van der Waals surface area contributed by atoms with Gasteiger partial charge in [-0.05, 0) is 65.7 Å². The molecule has 0 heterocycles. The Labute approximate surface area is 150 Å². The monoisotopic (exact) mass is 347 g/mol. The Bertz CT molecular complexity index is 965. The average molecular weight is 347 g/mol. The van der Waals surface area contributed by atoms with Crippen molar-refractivity contribution in [1.29, 1.82) is 0 Å². The van der Waals surface area contributed by atoms with E-state index in [1.807, 2.05) is 0 Å². The predicted molar refractivity (Wildman–Crippen MR) is 99.8 cm³/mol. The zero-order valence-corrected chi connectivity index (χ0v) is 13.8. The number of hydrogen-bond donors (Lipinski definition) is 3. The van der Waals surface area contributed by atoms with Crippen LogP contribution in [0.4, 0.5) is 5.69 Å². The van der Waals surface area contributed by atoms with Crippen LogP contribution >= 0.6 is 0 Å². The van der Waals surface area contributed by atoms with E-state index < -0.39 is 11.8 Å². The minimum Gasteiger partial charge on any atom is -0.457 e. The number of hydrogen-bond acceptors (Lipinski definition) is 4. The predicted octanol–water partition coefficient (Wildman–Crippen LogP) is 2.93. The van der Waals surface area contributed by atoms with Gasteiger partial charge in [0.05, 0.1) is 0 Å². The van der Waals surface area contributed by atoms with E-state index in [4.69, 9.17) is 21.9 Å². The zero-order valence-electron chi connectivity index (χ0n) is 13.8. The maximum atomic E-state index is 11.7. The lowest BCUT2D eigenvalue weighted by molar-refractivity contribution is 0.0989. The van der Waals surface area contributed by atoms with Crippen molar-refractivity contribution in [2.45, 2.75) is 0 Å². The van der Waals surface area contributed by atoms with E-state index in [1.54, 1.807) is 54.6 Å². The van der Waals surface area contributed by atoms with Gasteiger partial charge in [-0.2, -0.15) is 0 Å². The number of primary amides is 2. The third kappa shape index (κ3) is 3.64. The fourth-order valence-corrected chi connectivity index (χ4v) is 2.53. The molecule has 0 unspecified atom stereocenters. The van der Waals surface area contributed by atoms with Crippen molar-refractivity contribution in [3.63, 3.8) is 0 Å². The number of ether oxygens (including phenoxy) is 1. The van der Waals surface area contributed by atoms with Crippen LogP contribution in [0.25, 0.3) is 11.1 Å². The maximum Gasteiger partial charge on any atom is 0.249 e. The first-order chi connectivity index (χ1) is 12.4. The fourth-order valence-electron chi connectivity index (χ4n) is 2.53. The molecule has 6 heteroatoms. The SMILES string of the molecule is NC(=O)c1ccc(C(N)=O)c(-c2ccc(Oc3ccc(N)cc3)cc2)c1. The summed E-state index contributed by atoms with van der Waals surface area (Å²) in [5, 5.41) is 0. The number of carbonyl (C=O) groups is 2. The summed E-state index contributed by atoms with van der Waals surface area (Å²) in [5.41, 5.74) is 18.9. The Morgan fingerprint density at radius 1 is 0.731 bits per heavy atom. The van der Waals surface area contributed by atoms with Crippen LogP contribution in [0.15, 0.2) is 66.7 Å². The van der Waals surface area contributed by atoms with E-state index >= 15 is 0 Å². The molecule has 0 bridgehead atoms. The Morgan fingerprint density at radius 2 is 1.31 bits per heavy atom. The molecule has 0 saturated carbocycles. The molecule has 6 N–H and O–H groups in total. The molecule has 0 atom stereocenters. The van der Waals surface area contributed by atoms with Crippen LogP contribution in [0, 0.1) is 0 Å². The summed E-state index contributed by atoms with van der Waals surface area (Å²) in [6.07, 6.45) is 0. The number of anilines is 1. The Kier molecular flexibility index (Phi) is 4.57. The van der Waals surface area contributed by atoms with Crippen LogP contribution in [0.5, 0.6) is 11.5 Å². The van der Waals surface area contributed by atoms with Crippen LogP contribution in [0.1, 0.15) is 20.7 Å². The molecular formula is C20H17N3O3. The number of rotatable bonds is 5. The largest absolute Gasteiger partial charge is 0.457 e. The molecule has 2 amide bonds. The van der Waals surface area contributed by atoms with Gasteiger partial charge < -0.3 is 21.9 Å². The molecular weight excluding hydrogens is 330 g/mol. The Balaban J connectivity index is 1.92. The summed E-state index contributed by atoms with van der Waals surface area (Å²) in [6, 6.07) is 18.6. The first-order valence-corrected chi connectivity index (χ1v) is 7.81. The molecule has 3 rings (SSSR count). The van der Waals surface area contributed by atoms with Gasteiger partial charge in [-0.15, -0.1) is 0 Å². The van der Waals surface area contributed by atoms with Crippen LogP contribution in [-0.2, 0) is 0 Å². The molecule has 0 aliphatic carbocycles. The van der Waals surface area contributed by atoms with E-state index in [0.717, 1.165) is 0 Å². The van der Waals surface area contributed by atoms with Gasteiger partial charge in [0, 0.05) is 16.8 Å². The van der Waals surface area contributed by atoms with Gasteiger partial charge in [-0.3, -0.25) is 9.59 Å². The standard InChI is InChI=1S/C20H17N3O3/c21-14-4-8-16(9-5-14)26-15-6-1-12(2-7-15)18-11-13(19(22)24)3-10-17(18)20(23)25/h1-11H,21H2,(H2,22,24)(H2,23,25). The summed E-state index contributed by atoms with van der Waals surface area (Å²) in [4.78, 5) is 23.1. The molecule has 0 aromatic heterocycles. The summed E-state index contributed by atoms with van der Waals surface area (Å²) >= 11 is 0. The Morgan fingerprint density at radius 3 is 1.85 bits per heavy atom. The lowest BCUT2D eigenvalue weighted by atomic mass is 9.96. The minimum atomic E-state index is -0.585. The number of nitrogen functional groups attached to an aromatic ring is 1. The second-order valence-electron chi connectivity index (χ2n) is 5.68. The molecule has 26 heavy (non-hydrogen) atoms. The van der Waals surface area contributed by atoms with Gasteiger partial charge in [0.15, 0.2) is 0 Å². The summed E-state index contributed by atoms with van der Waals surface area (Å²) in [7, 11) is 0. The Hall–Kier alpha value is -3.80. The lowest BCUT2D eigenvalue weighted by Crippen LogP contribution is -2.15. The van der Waals surface area contributed by atoms with Crippen molar-refractivity contribution in [2.75, 3.05) is 5.73 Å². The summed E-state index contributed by atoms with van der Waals surface area (Å²) in [5.74, 6) is 0.106. The van der Waals surface area contributed by atoms with Crippen LogP contribution < -0.4 is 21.9 Å². The third-order valence-electron chi connectivity index (χ3n) is 3.85. The van der Waals surface area contributed by atoms with Crippen molar-refractivity contribution in [3.8, 4) is 22.6 Å². The molecule has 130 valence electrons. The summed E-state index contributed by atoms with van der Waals surface area (Å²) in [6.45, 7) is 0. The van der Waals surface area contributed by atoms with E-state index in [9.17, 15) is 9.59 Å². The molecule has 0 spiro atoms. The van der Waals surface area contributed by atoms with Gasteiger partial charge in [0.1, 0.15) is 11.5 Å². The van der Waals surface area contributed by atoms with E-state index in [0.29, 0.717) is 39.4 Å². The van der Waals surface area contributed by atoms with Crippen molar-refractivity contribution in [2.24, 2.45) is 11.5 Å². The molecule has 0 fully saturated rings. The molecule has 0 radical (unpaired) electrons.